The highest BCUT2D eigenvalue weighted by Crippen LogP contribution is 2.20. The van der Waals surface area contributed by atoms with Crippen LogP contribution < -0.4 is 4.74 Å². The van der Waals surface area contributed by atoms with Crippen molar-refractivity contribution in [2.75, 3.05) is 6.61 Å². The number of rotatable bonds is 3. The molecule has 0 amide bonds. The Hall–Kier alpha value is -1.05. The van der Waals surface area contributed by atoms with Crippen molar-refractivity contribution in [3.63, 3.8) is 0 Å². The van der Waals surface area contributed by atoms with Crippen LogP contribution in [-0.2, 0) is 6.42 Å². The number of nitrogens with zero attached hydrogens (tertiary/aromatic N) is 1. The number of ether oxygens (including phenoxy) is 1. The molecule has 0 spiro atoms. The van der Waals surface area contributed by atoms with Crippen molar-refractivity contribution in [3.8, 4) is 5.75 Å². The van der Waals surface area contributed by atoms with Gasteiger partial charge in [-0.2, -0.15) is 0 Å². The van der Waals surface area contributed by atoms with Gasteiger partial charge in [0.15, 0.2) is 0 Å². The summed E-state index contributed by atoms with van der Waals surface area (Å²) in [7, 11) is 0. The van der Waals surface area contributed by atoms with Crippen molar-refractivity contribution in [1.82, 2.24) is 4.98 Å². The Morgan fingerprint density at radius 3 is 2.75 bits per heavy atom. The van der Waals surface area contributed by atoms with E-state index in [9.17, 15) is 0 Å². The Morgan fingerprint density at radius 2 is 2.17 bits per heavy atom. The van der Waals surface area contributed by atoms with Crippen molar-refractivity contribution in [2.24, 2.45) is 0 Å². The van der Waals surface area contributed by atoms with Crippen LogP contribution in [0.15, 0.2) is 12.3 Å². The zero-order valence-corrected chi connectivity index (χ0v) is 7.92. The van der Waals surface area contributed by atoms with Crippen LogP contribution in [0.3, 0.4) is 0 Å². The summed E-state index contributed by atoms with van der Waals surface area (Å²) >= 11 is 0. The molecule has 2 heteroatoms. The minimum Gasteiger partial charge on any atom is -0.493 e. The van der Waals surface area contributed by atoms with Gasteiger partial charge in [-0.1, -0.05) is 6.92 Å². The maximum Gasteiger partial charge on any atom is 0.125 e. The van der Waals surface area contributed by atoms with Crippen LogP contribution >= 0.6 is 0 Å². The molecule has 1 aromatic rings. The number of hydrogen-bond acceptors (Lipinski definition) is 2. The fourth-order valence-electron chi connectivity index (χ4n) is 1.29. The molecule has 1 rings (SSSR count). The van der Waals surface area contributed by atoms with Crippen LogP contribution in [0.4, 0.5) is 0 Å². The van der Waals surface area contributed by atoms with Gasteiger partial charge in [-0.05, 0) is 26.3 Å². The van der Waals surface area contributed by atoms with Crippen LogP contribution in [0.25, 0.3) is 0 Å². The predicted molar refractivity (Wildman–Crippen MR) is 49.5 cm³/mol. The van der Waals surface area contributed by atoms with Crippen LogP contribution in [0.1, 0.15) is 25.1 Å². The molecule has 0 radical (unpaired) electrons. The highest BCUT2D eigenvalue weighted by atomic mass is 16.5. The largest absolute Gasteiger partial charge is 0.493 e. The molecule has 1 aromatic heterocycles. The molecule has 66 valence electrons. The van der Waals surface area contributed by atoms with Gasteiger partial charge < -0.3 is 4.74 Å². The molecule has 0 bridgehead atoms. The zero-order valence-electron chi connectivity index (χ0n) is 7.92. The number of aromatic nitrogens is 1. The molecule has 0 unspecified atom stereocenters. The first-order valence-electron chi connectivity index (χ1n) is 4.36. The lowest BCUT2D eigenvalue weighted by molar-refractivity contribution is 0.336. The topological polar surface area (TPSA) is 22.1 Å². The van der Waals surface area contributed by atoms with E-state index in [-0.39, 0.29) is 0 Å². The highest BCUT2D eigenvalue weighted by molar-refractivity contribution is 5.35. The van der Waals surface area contributed by atoms with E-state index in [4.69, 9.17) is 4.74 Å². The quantitative estimate of drug-likeness (QED) is 0.686. The molecule has 0 saturated heterocycles. The fourth-order valence-corrected chi connectivity index (χ4v) is 1.29. The smallest absolute Gasteiger partial charge is 0.125 e. The monoisotopic (exact) mass is 165 g/mol. The summed E-state index contributed by atoms with van der Waals surface area (Å²) in [6.45, 7) is 6.85. The van der Waals surface area contributed by atoms with E-state index < -0.39 is 0 Å². The van der Waals surface area contributed by atoms with E-state index in [0.717, 1.165) is 24.5 Å². The maximum absolute atomic E-state index is 5.47. The van der Waals surface area contributed by atoms with E-state index in [1.54, 1.807) is 6.20 Å². The van der Waals surface area contributed by atoms with E-state index in [2.05, 4.69) is 11.9 Å². The average Bonchev–Trinajstić information content (AvgIpc) is 2.05. The molecule has 0 N–H and O–H groups in total. The minimum atomic E-state index is 0.719. The van der Waals surface area contributed by atoms with Gasteiger partial charge >= 0.3 is 0 Å². The molecular formula is C10H15NO. The Balaban J connectivity index is 3.00. The third kappa shape index (κ3) is 1.76. The summed E-state index contributed by atoms with van der Waals surface area (Å²) < 4.78 is 5.47. The highest BCUT2D eigenvalue weighted by Gasteiger charge is 2.03. The van der Waals surface area contributed by atoms with E-state index in [0.29, 0.717) is 0 Å². The van der Waals surface area contributed by atoms with Crippen molar-refractivity contribution < 1.29 is 4.74 Å². The van der Waals surface area contributed by atoms with Gasteiger partial charge in [0.2, 0.25) is 0 Å². The third-order valence-electron chi connectivity index (χ3n) is 1.88. The van der Waals surface area contributed by atoms with Gasteiger partial charge in [0.25, 0.3) is 0 Å². The zero-order chi connectivity index (χ0) is 8.97. The van der Waals surface area contributed by atoms with Gasteiger partial charge in [-0.3, -0.25) is 4.98 Å². The lowest BCUT2D eigenvalue weighted by Crippen LogP contribution is -1.99. The Labute approximate surface area is 73.6 Å². The second kappa shape index (κ2) is 4.10. The Morgan fingerprint density at radius 1 is 1.42 bits per heavy atom. The maximum atomic E-state index is 5.47. The molecule has 0 fully saturated rings. The van der Waals surface area contributed by atoms with Gasteiger partial charge in [0.05, 0.1) is 6.61 Å². The predicted octanol–water partition coefficient (Wildman–Crippen LogP) is 2.35. The third-order valence-corrected chi connectivity index (χ3v) is 1.88. The van der Waals surface area contributed by atoms with Gasteiger partial charge in [0.1, 0.15) is 5.75 Å². The number of aryl methyl sites for hydroxylation is 1. The van der Waals surface area contributed by atoms with Crippen molar-refractivity contribution >= 4 is 0 Å². The first-order chi connectivity index (χ1) is 5.79. The molecule has 0 aromatic carbocycles. The summed E-state index contributed by atoms with van der Waals surface area (Å²) in [6, 6.07) is 1.93. The van der Waals surface area contributed by atoms with Crippen molar-refractivity contribution in [1.29, 1.82) is 0 Å². The van der Waals surface area contributed by atoms with E-state index in [1.807, 2.05) is 19.9 Å². The van der Waals surface area contributed by atoms with E-state index >= 15 is 0 Å². The lowest BCUT2D eigenvalue weighted by atomic mass is 10.1. The van der Waals surface area contributed by atoms with Gasteiger partial charge in [-0.15, -0.1) is 0 Å². The summed E-state index contributed by atoms with van der Waals surface area (Å²) in [5.74, 6) is 0.979. The molecule has 0 aliphatic rings. The molecule has 0 aliphatic heterocycles. The molecule has 12 heavy (non-hydrogen) atoms. The fraction of sp³-hybridized carbons (Fsp3) is 0.500. The van der Waals surface area contributed by atoms with Crippen molar-refractivity contribution in [2.45, 2.75) is 27.2 Å². The first-order valence-corrected chi connectivity index (χ1v) is 4.36. The second-order valence-corrected chi connectivity index (χ2v) is 2.66. The molecule has 0 saturated carbocycles. The molecular weight excluding hydrogens is 150 g/mol. The van der Waals surface area contributed by atoms with Gasteiger partial charge in [-0.25, -0.2) is 0 Å². The number of pyridine rings is 1. The summed E-state index contributed by atoms with van der Waals surface area (Å²) in [5.41, 5.74) is 2.29. The molecule has 0 aliphatic carbocycles. The Kier molecular flexibility index (Phi) is 3.09. The Bertz CT molecular complexity index is 258. The summed E-state index contributed by atoms with van der Waals surface area (Å²) in [5, 5.41) is 0. The van der Waals surface area contributed by atoms with Crippen molar-refractivity contribution in [3.05, 3.63) is 23.5 Å². The molecule has 0 atom stereocenters. The van der Waals surface area contributed by atoms with Crippen LogP contribution in [0.2, 0.25) is 0 Å². The second-order valence-electron chi connectivity index (χ2n) is 2.66. The van der Waals surface area contributed by atoms with E-state index in [1.165, 1.54) is 5.56 Å². The standard InChI is InChI=1S/C10H15NO/c1-4-9-8(3)11-7-6-10(9)12-5-2/h6-7H,4-5H2,1-3H3. The van der Waals surface area contributed by atoms with Crippen LogP contribution in [0.5, 0.6) is 5.75 Å². The summed E-state index contributed by atoms with van der Waals surface area (Å²) in [6.07, 6.45) is 2.77. The number of hydrogen-bond donors (Lipinski definition) is 0. The van der Waals surface area contributed by atoms with Gasteiger partial charge in [0, 0.05) is 17.5 Å². The first kappa shape index (κ1) is 9.04. The SMILES string of the molecule is CCOc1ccnc(C)c1CC. The lowest BCUT2D eigenvalue weighted by Gasteiger charge is -2.09. The minimum absolute atomic E-state index is 0.719. The van der Waals surface area contributed by atoms with Crippen LogP contribution in [0, 0.1) is 6.92 Å². The normalized spacial score (nSPS) is 9.92. The summed E-state index contributed by atoms with van der Waals surface area (Å²) in [4.78, 5) is 4.21. The average molecular weight is 165 g/mol. The molecule has 1 heterocycles. The molecule has 2 nitrogen and oxygen atoms in total. The van der Waals surface area contributed by atoms with Crippen LogP contribution in [-0.4, -0.2) is 11.6 Å².